The van der Waals surface area contributed by atoms with Crippen LogP contribution in [-0.4, -0.2) is 37.2 Å². The Morgan fingerprint density at radius 2 is 1.83 bits per heavy atom. The van der Waals surface area contributed by atoms with Gasteiger partial charge in [0.05, 0.1) is 4.90 Å². The Hall–Kier alpha value is -2.45. The van der Waals surface area contributed by atoms with Crippen molar-refractivity contribution in [2.75, 3.05) is 0 Å². The number of halogens is 2. The number of carbonyl (C=O) groups is 2. The second-order valence-corrected chi connectivity index (χ2v) is 10.6. The first-order valence-corrected chi connectivity index (χ1v) is 11.1. The quantitative estimate of drug-likeness (QED) is 0.694. The molecule has 0 aliphatic heterocycles. The highest BCUT2D eigenvalue weighted by Gasteiger charge is 2.73. The average Bonchev–Trinajstić information content (AvgIpc) is 3.30. The number of alkyl carbamates (subject to hydrolysis) is 1. The van der Waals surface area contributed by atoms with Gasteiger partial charge in [0.15, 0.2) is 9.84 Å². The van der Waals surface area contributed by atoms with Crippen LogP contribution in [0.1, 0.15) is 32.3 Å². The van der Waals surface area contributed by atoms with E-state index in [9.17, 15) is 22.4 Å². The van der Waals surface area contributed by atoms with Crippen LogP contribution >= 0.6 is 11.6 Å². The van der Waals surface area contributed by atoms with E-state index in [1.54, 1.807) is 20.8 Å². The van der Waals surface area contributed by atoms with Gasteiger partial charge < -0.3 is 14.8 Å². The molecule has 0 radical (unpaired) electrons. The van der Waals surface area contributed by atoms with E-state index in [4.69, 9.17) is 16.3 Å². The lowest BCUT2D eigenvalue weighted by Crippen LogP contribution is -2.45. The van der Waals surface area contributed by atoms with Crippen molar-refractivity contribution in [3.05, 3.63) is 64.9 Å². The highest BCUT2D eigenvalue weighted by Crippen LogP contribution is 2.56. The summed E-state index contributed by atoms with van der Waals surface area (Å²) in [5.74, 6) is -1.57. The summed E-state index contributed by atoms with van der Waals surface area (Å²) < 4.78 is 45.7. The van der Waals surface area contributed by atoms with Gasteiger partial charge in [-0.2, -0.15) is 0 Å². The van der Waals surface area contributed by atoms with E-state index in [1.165, 1.54) is 42.5 Å². The van der Waals surface area contributed by atoms with Gasteiger partial charge in [-0.3, -0.25) is 0 Å². The van der Waals surface area contributed by atoms with Gasteiger partial charge in [-0.05, 0) is 62.7 Å². The molecule has 9 heteroatoms. The van der Waals surface area contributed by atoms with Gasteiger partial charge in [0.25, 0.3) is 0 Å². The fourth-order valence-corrected chi connectivity index (χ4v) is 5.90. The fourth-order valence-electron chi connectivity index (χ4n) is 3.53. The number of carbonyl (C=O) groups excluding carboxylic acids is 2. The molecule has 0 heterocycles. The number of hydrogen-bond donors (Lipinski definition) is 1. The molecule has 1 fully saturated rings. The minimum absolute atomic E-state index is 0.0620. The third-order valence-corrected chi connectivity index (χ3v) is 7.29. The lowest BCUT2D eigenvalue weighted by Gasteiger charge is -2.22. The molecule has 0 spiro atoms. The normalized spacial score (nSPS) is 23.5. The summed E-state index contributed by atoms with van der Waals surface area (Å²) in [6.45, 7) is 4.91. The maximum Gasteiger partial charge on any atom is 0.408 e. The van der Waals surface area contributed by atoms with E-state index in [-0.39, 0.29) is 10.5 Å². The predicted octanol–water partition coefficient (Wildman–Crippen LogP) is 3.88. The lowest BCUT2D eigenvalue weighted by atomic mass is 10.1. The molecule has 0 saturated heterocycles. The summed E-state index contributed by atoms with van der Waals surface area (Å²) in [5, 5.41) is 1.43. The molecule has 1 saturated carbocycles. The van der Waals surface area contributed by atoms with Crippen LogP contribution in [0, 0.1) is 5.82 Å². The minimum Gasteiger partial charge on any atom is -0.444 e. The number of benzene rings is 2. The van der Waals surface area contributed by atoms with Crippen LogP contribution in [0.3, 0.4) is 0 Å². The van der Waals surface area contributed by atoms with Gasteiger partial charge >= 0.3 is 6.09 Å². The molecule has 2 aromatic rings. The Morgan fingerprint density at radius 3 is 2.37 bits per heavy atom. The summed E-state index contributed by atoms with van der Waals surface area (Å²) in [5.41, 5.74) is -2.38. The third-order valence-electron chi connectivity index (χ3n) is 4.78. The molecule has 1 aliphatic rings. The van der Waals surface area contributed by atoms with Crippen LogP contribution in [0.2, 0.25) is 5.02 Å². The van der Waals surface area contributed by atoms with Crippen LogP contribution in [0.25, 0.3) is 0 Å². The zero-order chi connectivity index (χ0) is 22.3. The van der Waals surface area contributed by atoms with Gasteiger partial charge in [0.1, 0.15) is 28.5 Å². The fraction of sp³-hybridized carbons (Fsp3) is 0.333. The van der Waals surface area contributed by atoms with Gasteiger partial charge in [0, 0.05) is 10.9 Å². The van der Waals surface area contributed by atoms with Crippen molar-refractivity contribution in [3.8, 4) is 0 Å². The van der Waals surface area contributed by atoms with Crippen LogP contribution in [-0.2, 0) is 19.4 Å². The minimum atomic E-state index is -4.08. The molecule has 1 N–H and O–H groups in total. The van der Waals surface area contributed by atoms with Crippen molar-refractivity contribution >= 4 is 33.8 Å². The zero-order valence-electron chi connectivity index (χ0n) is 16.6. The Balaban J connectivity index is 2.06. The maximum atomic E-state index is 13.8. The first-order valence-electron chi connectivity index (χ1n) is 9.13. The smallest absolute Gasteiger partial charge is 0.408 e. The Bertz CT molecular complexity index is 1080. The lowest BCUT2D eigenvalue weighted by molar-refractivity contribution is -0.110. The third kappa shape index (κ3) is 4.20. The van der Waals surface area contributed by atoms with E-state index in [2.05, 4.69) is 5.32 Å². The van der Waals surface area contributed by atoms with Crippen molar-refractivity contribution in [2.24, 2.45) is 0 Å². The summed E-state index contributed by atoms with van der Waals surface area (Å²) in [6, 6.07) is 10.8. The molecular formula is C21H21ClFNO5S. The van der Waals surface area contributed by atoms with Crippen LogP contribution < -0.4 is 5.32 Å². The molecule has 30 heavy (non-hydrogen) atoms. The van der Waals surface area contributed by atoms with Crippen molar-refractivity contribution < 1.29 is 27.1 Å². The number of sulfone groups is 1. The van der Waals surface area contributed by atoms with E-state index in [0.717, 1.165) is 6.07 Å². The van der Waals surface area contributed by atoms with Crippen LogP contribution in [0.4, 0.5) is 9.18 Å². The van der Waals surface area contributed by atoms with E-state index >= 15 is 0 Å². The molecule has 1 amide bonds. The van der Waals surface area contributed by atoms with Crippen molar-refractivity contribution in [1.82, 2.24) is 5.32 Å². The van der Waals surface area contributed by atoms with Crippen LogP contribution in [0.15, 0.2) is 53.4 Å². The summed E-state index contributed by atoms with van der Waals surface area (Å²) in [4.78, 5) is 24.5. The Kier molecular flexibility index (Phi) is 5.68. The van der Waals surface area contributed by atoms with Crippen LogP contribution in [0.5, 0.6) is 0 Å². The van der Waals surface area contributed by atoms with Gasteiger partial charge in [0.2, 0.25) is 0 Å². The zero-order valence-corrected chi connectivity index (χ0v) is 18.1. The van der Waals surface area contributed by atoms with E-state index < -0.39 is 44.1 Å². The number of rotatable bonds is 5. The largest absolute Gasteiger partial charge is 0.444 e. The van der Waals surface area contributed by atoms with Gasteiger partial charge in [-0.1, -0.05) is 23.7 Å². The first-order chi connectivity index (χ1) is 13.9. The highest BCUT2D eigenvalue weighted by molar-refractivity contribution is 7.92. The summed E-state index contributed by atoms with van der Waals surface area (Å²) in [7, 11) is -4.08. The molecule has 1 aliphatic carbocycles. The predicted molar refractivity (Wildman–Crippen MR) is 110 cm³/mol. The maximum absolute atomic E-state index is 13.8. The monoisotopic (exact) mass is 453 g/mol. The summed E-state index contributed by atoms with van der Waals surface area (Å²) >= 11 is 5.85. The second kappa shape index (κ2) is 7.67. The van der Waals surface area contributed by atoms with Crippen molar-refractivity contribution in [3.63, 3.8) is 0 Å². The van der Waals surface area contributed by atoms with E-state index in [0.29, 0.717) is 11.3 Å². The molecule has 6 nitrogen and oxygen atoms in total. The molecule has 160 valence electrons. The number of aldehydes is 1. The SMILES string of the molecule is CC(C)(C)OC(=O)N[C@]1(C=O)[C@H](c2cccc(F)c2)[C@H]1S(=O)(=O)c1ccc(Cl)cc1. The number of ether oxygens (including phenoxy) is 1. The Labute approximate surface area is 179 Å². The summed E-state index contributed by atoms with van der Waals surface area (Å²) in [6.07, 6.45) is -0.560. The molecule has 0 aromatic heterocycles. The van der Waals surface area contributed by atoms with Crippen molar-refractivity contribution in [1.29, 1.82) is 0 Å². The highest BCUT2D eigenvalue weighted by atomic mass is 35.5. The molecular weight excluding hydrogens is 433 g/mol. The number of hydrogen-bond acceptors (Lipinski definition) is 5. The van der Waals surface area contributed by atoms with Crippen molar-refractivity contribution in [2.45, 2.75) is 48.0 Å². The second-order valence-electron chi connectivity index (χ2n) is 8.13. The molecule has 0 bridgehead atoms. The van der Waals surface area contributed by atoms with E-state index in [1.807, 2.05) is 0 Å². The molecule has 3 atom stereocenters. The Morgan fingerprint density at radius 1 is 1.20 bits per heavy atom. The molecule has 2 aromatic carbocycles. The molecule has 0 unspecified atom stereocenters. The first kappa shape index (κ1) is 22.2. The number of amides is 1. The average molecular weight is 454 g/mol. The standard InChI is InChI=1S/C21H21ClFNO5S/c1-20(2,3)29-19(26)24-21(12-25)17(13-5-4-6-15(23)11-13)18(21)30(27,28)16-9-7-14(22)8-10-16/h4-12,17-18H,1-3H3,(H,24,26)/t17-,18-,21-/m1/s1. The van der Waals surface area contributed by atoms with Gasteiger partial charge in [-0.15, -0.1) is 0 Å². The topological polar surface area (TPSA) is 89.5 Å². The molecule has 3 rings (SSSR count). The number of nitrogens with one attached hydrogen (secondary N) is 1. The van der Waals surface area contributed by atoms with Gasteiger partial charge in [-0.25, -0.2) is 17.6 Å².